The van der Waals surface area contributed by atoms with Gasteiger partial charge in [-0.25, -0.2) is 4.57 Å². The summed E-state index contributed by atoms with van der Waals surface area (Å²) >= 11 is 0. The van der Waals surface area contributed by atoms with E-state index in [2.05, 4.69) is 31.4 Å². The highest BCUT2D eigenvalue weighted by atomic mass is 31.2. The highest BCUT2D eigenvalue weighted by Gasteiger charge is 2.60. The molecule has 2 fully saturated rings. The molecule has 21 nitrogen and oxygen atoms in total. The van der Waals surface area contributed by atoms with Crippen molar-refractivity contribution in [1.82, 2.24) is 10.6 Å². The first kappa shape index (κ1) is 101. The van der Waals surface area contributed by atoms with Gasteiger partial charge in [0, 0.05) is 6.42 Å². The van der Waals surface area contributed by atoms with Crippen LogP contribution in [-0.4, -0.2) is 120 Å². The number of aliphatic carboxylic acids is 1. The SMILES string of the molecule is CCCCCCCCCCCC(=O)O[C@H](CCCCCCCCCCC)CC(=O)N[C@H]1[C@H](OC[C@H]2O[C@H](O)C(CC(=O)O)(NC(=O)C[C@@H](CCCCCCCCCCC)OCc3ccccc3)[C@@H](OCc3ccccc3)[C@@H]2OCc2ccccc2)O[C@H](COCc2ccccc2)[C@@H](OP(=O)(OCc2ccccc2)OCc2ccccc2)[C@@H]1OCc1ccccc1. The Kier molecular flexibility index (Phi) is 47.9. The average molecular weight is 1740 g/mol. The highest BCUT2D eigenvalue weighted by Crippen LogP contribution is 2.54. The molecule has 7 aromatic rings. The lowest BCUT2D eigenvalue weighted by atomic mass is 9.79. The molecule has 7 aromatic carbocycles. The van der Waals surface area contributed by atoms with Gasteiger partial charge in [-0.3, -0.25) is 32.7 Å². The Labute approximate surface area is 744 Å². The number of unbranched alkanes of at least 4 members (excludes halogenated alkanes) is 24. The number of aliphatic hydroxyl groups excluding tert-OH is 1. The fraction of sp³-hybridized carbons (Fsp3) is 0.553. The van der Waals surface area contributed by atoms with Crippen LogP contribution in [0.15, 0.2) is 212 Å². The van der Waals surface area contributed by atoms with Crippen LogP contribution in [0, 0.1) is 0 Å². The normalized spacial score (nSPS) is 20.0. The quantitative estimate of drug-likeness (QED) is 0.0157. The van der Waals surface area contributed by atoms with Crippen molar-refractivity contribution in [2.45, 2.75) is 352 Å². The van der Waals surface area contributed by atoms with E-state index in [1.807, 2.05) is 212 Å². The number of carboxylic acid groups (broad SMARTS) is 1. The van der Waals surface area contributed by atoms with Crippen molar-refractivity contribution >= 4 is 31.6 Å². The maximum atomic E-state index is 16.2. The number of carboxylic acids is 1. The third-order valence-corrected chi connectivity index (χ3v) is 24.7. The van der Waals surface area contributed by atoms with E-state index in [4.69, 9.17) is 56.2 Å². The summed E-state index contributed by atoms with van der Waals surface area (Å²) in [6, 6.07) is 64.1. The number of rotatable bonds is 66. The number of hydrogen-bond acceptors (Lipinski definition) is 18. The zero-order valence-electron chi connectivity index (χ0n) is 74.5. The van der Waals surface area contributed by atoms with Crippen LogP contribution >= 0.6 is 7.82 Å². The van der Waals surface area contributed by atoms with Gasteiger partial charge < -0.3 is 63.5 Å². The van der Waals surface area contributed by atoms with Crippen molar-refractivity contribution in [3.63, 3.8) is 0 Å². The summed E-state index contributed by atoms with van der Waals surface area (Å²) < 4.78 is 98.5. The number of benzene rings is 7. The van der Waals surface area contributed by atoms with Crippen molar-refractivity contribution < 1.29 is 90.2 Å². The molecule has 12 atom stereocenters. The first-order chi connectivity index (χ1) is 61.2. The molecule has 0 bridgehead atoms. The summed E-state index contributed by atoms with van der Waals surface area (Å²) in [7, 11) is -4.83. The van der Waals surface area contributed by atoms with Gasteiger partial charge in [-0.05, 0) is 64.6 Å². The predicted molar refractivity (Wildman–Crippen MR) is 486 cm³/mol. The van der Waals surface area contributed by atoms with E-state index in [1.54, 1.807) is 0 Å². The molecular weight excluding hydrogens is 1600 g/mol. The minimum atomic E-state index is -4.83. The number of carbonyl (C=O) groups is 4. The van der Waals surface area contributed by atoms with E-state index in [0.29, 0.717) is 47.9 Å². The third kappa shape index (κ3) is 38.2. The van der Waals surface area contributed by atoms with Gasteiger partial charge in [0.05, 0.1) is 84.8 Å². The number of ether oxygens (including phenoxy) is 9. The van der Waals surface area contributed by atoms with Gasteiger partial charge in [0.15, 0.2) is 12.6 Å². The Balaban J connectivity index is 1.12. The van der Waals surface area contributed by atoms with Crippen LogP contribution in [-0.2, 0) is 126 Å². The van der Waals surface area contributed by atoms with E-state index in [1.165, 1.54) is 70.6 Å². The molecule has 2 amide bonds. The van der Waals surface area contributed by atoms with Crippen molar-refractivity contribution in [2.24, 2.45) is 0 Å². The molecule has 9 rings (SSSR count). The third-order valence-electron chi connectivity index (χ3n) is 23.3. The Morgan fingerprint density at radius 3 is 1.23 bits per heavy atom. The number of hydrogen-bond donors (Lipinski definition) is 4. The summed E-state index contributed by atoms with van der Waals surface area (Å²) in [5, 5.41) is 30.8. The first-order valence-corrected chi connectivity index (χ1v) is 48.2. The van der Waals surface area contributed by atoms with E-state index in [9.17, 15) is 19.8 Å². The van der Waals surface area contributed by atoms with Crippen LogP contribution in [0.5, 0.6) is 0 Å². The van der Waals surface area contributed by atoms with Gasteiger partial charge in [0.2, 0.25) is 11.8 Å². The lowest BCUT2D eigenvalue weighted by molar-refractivity contribution is -0.324. The van der Waals surface area contributed by atoms with Crippen molar-refractivity contribution in [2.75, 3.05) is 13.2 Å². The van der Waals surface area contributed by atoms with Gasteiger partial charge >= 0.3 is 19.8 Å². The zero-order chi connectivity index (χ0) is 88.0. The van der Waals surface area contributed by atoms with Gasteiger partial charge in [0.25, 0.3) is 0 Å². The molecule has 2 aliphatic rings. The Morgan fingerprint density at radius 1 is 0.408 bits per heavy atom. The molecule has 0 saturated carbocycles. The minimum absolute atomic E-state index is 0.0768. The average Bonchev–Trinajstić information content (AvgIpc) is 0.745. The maximum Gasteiger partial charge on any atom is 0.475 e. The van der Waals surface area contributed by atoms with E-state index in [-0.39, 0.29) is 78.1 Å². The van der Waals surface area contributed by atoms with Gasteiger partial charge in [-0.15, -0.1) is 0 Å². The van der Waals surface area contributed by atoms with Gasteiger partial charge in [0.1, 0.15) is 54.3 Å². The van der Waals surface area contributed by atoms with E-state index in [0.717, 1.165) is 107 Å². The Bertz CT molecular complexity index is 4010. The Hall–Kier alpha value is -7.83. The van der Waals surface area contributed by atoms with Crippen LogP contribution in [0.1, 0.15) is 272 Å². The number of carbonyl (C=O) groups excluding carboxylic acids is 3. The van der Waals surface area contributed by atoms with Crippen molar-refractivity contribution in [3.05, 3.63) is 251 Å². The van der Waals surface area contributed by atoms with Crippen molar-refractivity contribution in [3.8, 4) is 0 Å². The molecule has 1 unspecified atom stereocenters. The first-order valence-electron chi connectivity index (χ1n) is 46.7. The second-order valence-electron chi connectivity index (χ2n) is 33.7. The molecule has 684 valence electrons. The minimum Gasteiger partial charge on any atom is -0.481 e. The van der Waals surface area contributed by atoms with Crippen LogP contribution in [0.3, 0.4) is 0 Å². The summed E-state index contributed by atoms with van der Waals surface area (Å²) in [6.45, 7) is 5.32. The lowest BCUT2D eigenvalue weighted by Gasteiger charge is -2.52. The summed E-state index contributed by atoms with van der Waals surface area (Å²) in [5.74, 6) is -2.97. The standard InChI is InChI=1S/C103H143N2O19P/c1-4-7-10-13-16-19-22-25-49-66-88(114-73-82-54-37-29-38-55-82)69-93(107)105-103(71-94(108)109)100(117-76-85-60-43-32-44-61-85)98(115-74-83-56-39-30-40-57-83)91(123-102(103)111)80-118-101-96(104-92(106)70-89(67-50-26-23-20-17-14-11-8-5-2)121-95(110)68-51-27-24-21-18-15-12-9-6-3)99(116-75-84-58-41-31-42-59-84)97(90(122-101)79-113-72-81-52-35-28-36-53-81)124-125(112,119-77-86-62-45-33-46-63-86)120-78-87-64-47-34-48-65-87/h28-48,52-65,88-91,96-102,111H,4-27,49-51,66-80H2,1-3H3,(H,104,106)(H,105,107)(H,108,109)/t88-,89-,90-,91-,96-,97-,98-,99-,100+,101-,102+,103?/m1/s1. The van der Waals surface area contributed by atoms with E-state index >= 15 is 14.2 Å². The van der Waals surface area contributed by atoms with Crippen molar-refractivity contribution in [1.29, 1.82) is 0 Å². The molecule has 2 aliphatic heterocycles. The smallest absolute Gasteiger partial charge is 0.475 e. The summed E-state index contributed by atoms with van der Waals surface area (Å²) in [4.78, 5) is 59.3. The predicted octanol–water partition coefficient (Wildman–Crippen LogP) is 22.2. The molecule has 0 spiro atoms. The number of aliphatic hydroxyl groups is 1. The van der Waals surface area contributed by atoms with Crippen LogP contribution in [0.25, 0.3) is 0 Å². The topological polar surface area (TPSA) is 261 Å². The number of nitrogens with one attached hydrogen (secondary N) is 2. The fourth-order valence-electron chi connectivity index (χ4n) is 16.3. The van der Waals surface area contributed by atoms with Crippen LogP contribution in [0.4, 0.5) is 0 Å². The molecule has 4 N–H and O–H groups in total. The van der Waals surface area contributed by atoms with Gasteiger partial charge in [-0.1, -0.05) is 394 Å². The molecule has 0 radical (unpaired) electrons. The molecule has 2 heterocycles. The fourth-order valence-corrected chi connectivity index (χ4v) is 17.7. The number of phosphoric acid groups is 1. The largest absolute Gasteiger partial charge is 0.481 e. The van der Waals surface area contributed by atoms with Gasteiger partial charge in [-0.2, -0.15) is 0 Å². The molecular formula is C103H143N2O19P. The molecule has 22 heteroatoms. The molecule has 0 aromatic heterocycles. The summed E-state index contributed by atoms with van der Waals surface area (Å²) in [6.07, 6.45) is 14.9. The highest BCUT2D eigenvalue weighted by molar-refractivity contribution is 7.48. The zero-order valence-corrected chi connectivity index (χ0v) is 75.4. The van der Waals surface area contributed by atoms with E-state index < -0.39 is 112 Å². The van der Waals surface area contributed by atoms with Crippen LogP contribution in [0.2, 0.25) is 0 Å². The number of esters is 1. The molecule has 0 aliphatic carbocycles. The second-order valence-corrected chi connectivity index (χ2v) is 35.3. The second kappa shape index (κ2) is 59.3. The number of amides is 2. The molecule has 125 heavy (non-hydrogen) atoms. The monoisotopic (exact) mass is 1740 g/mol. The summed E-state index contributed by atoms with van der Waals surface area (Å²) in [5.41, 5.74) is 2.92. The molecule has 2 saturated heterocycles. The maximum absolute atomic E-state index is 16.2. The Morgan fingerprint density at radius 2 is 0.784 bits per heavy atom. The lowest BCUT2D eigenvalue weighted by Crippen LogP contribution is -2.75. The number of phosphoric ester groups is 1. The van der Waals surface area contributed by atoms with Crippen LogP contribution < -0.4 is 10.6 Å².